The predicted molar refractivity (Wildman–Crippen MR) is 80.5 cm³/mol. The first-order valence-corrected chi connectivity index (χ1v) is 8.39. The molecular formula is C16H31N3. The summed E-state index contributed by atoms with van der Waals surface area (Å²) in [6.45, 7) is 10.3. The molecule has 110 valence electrons. The van der Waals surface area contributed by atoms with E-state index in [1.54, 1.807) is 0 Å². The number of rotatable bonds is 3. The van der Waals surface area contributed by atoms with E-state index in [-0.39, 0.29) is 0 Å². The summed E-state index contributed by atoms with van der Waals surface area (Å²) in [6.07, 6.45) is 7.31. The molecule has 0 aromatic rings. The van der Waals surface area contributed by atoms with E-state index >= 15 is 0 Å². The van der Waals surface area contributed by atoms with Crippen molar-refractivity contribution in [3.8, 4) is 0 Å². The van der Waals surface area contributed by atoms with Crippen LogP contribution in [0.3, 0.4) is 0 Å². The van der Waals surface area contributed by atoms with E-state index in [1.165, 1.54) is 71.4 Å². The smallest absolute Gasteiger partial charge is 0.0198 e. The molecule has 1 atom stereocenters. The number of likely N-dealkylation sites (tertiary alicyclic amines) is 1. The summed E-state index contributed by atoms with van der Waals surface area (Å²) in [5.41, 5.74) is 0. The third kappa shape index (κ3) is 3.32. The molecule has 0 spiro atoms. The zero-order valence-corrected chi connectivity index (χ0v) is 12.9. The van der Waals surface area contributed by atoms with E-state index in [2.05, 4.69) is 28.7 Å². The second-order valence-corrected chi connectivity index (χ2v) is 7.23. The van der Waals surface area contributed by atoms with Gasteiger partial charge in [0.25, 0.3) is 0 Å². The lowest BCUT2D eigenvalue weighted by Gasteiger charge is -2.47. The zero-order valence-electron chi connectivity index (χ0n) is 12.9. The van der Waals surface area contributed by atoms with Gasteiger partial charge in [0.05, 0.1) is 0 Å². The Bertz CT molecular complexity index is 282. The first-order valence-electron chi connectivity index (χ1n) is 8.39. The molecule has 0 aromatic carbocycles. The van der Waals surface area contributed by atoms with Crippen LogP contribution in [0.5, 0.6) is 0 Å². The average Bonchev–Trinajstić information content (AvgIpc) is 2.38. The van der Waals surface area contributed by atoms with Gasteiger partial charge in [0, 0.05) is 51.4 Å². The largest absolute Gasteiger partial charge is 0.306 e. The average molecular weight is 265 g/mol. The Morgan fingerprint density at radius 3 is 2.32 bits per heavy atom. The summed E-state index contributed by atoms with van der Waals surface area (Å²) in [5, 5.41) is 0. The van der Waals surface area contributed by atoms with Gasteiger partial charge in [-0.15, -0.1) is 0 Å². The van der Waals surface area contributed by atoms with Crippen molar-refractivity contribution in [1.29, 1.82) is 0 Å². The molecule has 0 N–H and O–H groups in total. The number of hydrogen-bond donors (Lipinski definition) is 0. The first-order chi connectivity index (χ1) is 9.22. The van der Waals surface area contributed by atoms with Crippen molar-refractivity contribution in [3.63, 3.8) is 0 Å². The molecule has 3 nitrogen and oxygen atoms in total. The standard InChI is InChI=1S/C16H31N3/c1-14-10-18(13-15-11-17(2)12-15)8-9-19(14)16-6-4-3-5-7-16/h14-16H,3-13H2,1-2H3. The zero-order chi connectivity index (χ0) is 13.2. The van der Waals surface area contributed by atoms with Crippen LogP contribution in [0.15, 0.2) is 0 Å². The van der Waals surface area contributed by atoms with E-state index in [9.17, 15) is 0 Å². The molecule has 2 heterocycles. The number of piperazine rings is 1. The molecule has 1 aliphatic carbocycles. The fraction of sp³-hybridized carbons (Fsp3) is 1.00. The SMILES string of the molecule is CC1CN(CC2CN(C)C2)CCN1C1CCCCC1. The lowest BCUT2D eigenvalue weighted by molar-refractivity contribution is 0.0121. The van der Waals surface area contributed by atoms with Crippen LogP contribution in [0.2, 0.25) is 0 Å². The van der Waals surface area contributed by atoms with E-state index in [0.29, 0.717) is 0 Å². The van der Waals surface area contributed by atoms with Crippen molar-refractivity contribution < 1.29 is 0 Å². The Morgan fingerprint density at radius 2 is 1.68 bits per heavy atom. The maximum absolute atomic E-state index is 2.82. The van der Waals surface area contributed by atoms with E-state index in [4.69, 9.17) is 0 Å². The van der Waals surface area contributed by atoms with Gasteiger partial charge in [-0.3, -0.25) is 4.90 Å². The minimum atomic E-state index is 0.773. The van der Waals surface area contributed by atoms with Crippen molar-refractivity contribution in [2.75, 3.05) is 46.3 Å². The molecule has 3 aliphatic rings. The fourth-order valence-corrected chi connectivity index (χ4v) is 4.48. The lowest BCUT2D eigenvalue weighted by atomic mass is 9.92. The highest BCUT2D eigenvalue weighted by Gasteiger charge is 2.32. The van der Waals surface area contributed by atoms with Crippen molar-refractivity contribution in [2.45, 2.75) is 51.1 Å². The molecule has 0 aromatic heterocycles. The van der Waals surface area contributed by atoms with Gasteiger partial charge >= 0.3 is 0 Å². The van der Waals surface area contributed by atoms with Crippen LogP contribution in [0, 0.1) is 5.92 Å². The molecule has 0 amide bonds. The summed E-state index contributed by atoms with van der Waals surface area (Å²) >= 11 is 0. The molecule has 1 saturated carbocycles. The Morgan fingerprint density at radius 1 is 0.947 bits per heavy atom. The lowest BCUT2D eigenvalue weighted by Crippen LogP contribution is -2.58. The Kier molecular flexibility index (Phi) is 4.45. The maximum atomic E-state index is 2.82. The van der Waals surface area contributed by atoms with Gasteiger partial charge in [-0.1, -0.05) is 19.3 Å². The van der Waals surface area contributed by atoms with Crippen LogP contribution < -0.4 is 0 Å². The third-order valence-electron chi connectivity index (χ3n) is 5.46. The fourth-order valence-electron chi connectivity index (χ4n) is 4.48. The minimum absolute atomic E-state index is 0.773. The minimum Gasteiger partial charge on any atom is -0.306 e. The van der Waals surface area contributed by atoms with Gasteiger partial charge in [-0.05, 0) is 32.7 Å². The highest BCUT2D eigenvalue weighted by atomic mass is 15.3. The van der Waals surface area contributed by atoms with Gasteiger partial charge < -0.3 is 9.80 Å². The van der Waals surface area contributed by atoms with Crippen LogP contribution in [-0.4, -0.2) is 73.1 Å². The summed E-state index contributed by atoms with van der Waals surface area (Å²) in [4.78, 5) is 7.98. The molecule has 19 heavy (non-hydrogen) atoms. The predicted octanol–water partition coefficient (Wildman–Crippen LogP) is 1.89. The summed E-state index contributed by atoms with van der Waals surface area (Å²) in [6, 6.07) is 1.68. The Hall–Kier alpha value is -0.120. The molecule has 3 heteroatoms. The molecule has 2 saturated heterocycles. The molecular weight excluding hydrogens is 234 g/mol. The molecule has 3 rings (SSSR count). The van der Waals surface area contributed by atoms with Crippen LogP contribution in [0.4, 0.5) is 0 Å². The normalized spacial score (nSPS) is 33.5. The maximum Gasteiger partial charge on any atom is 0.0198 e. The van der Waals surface area contributed by atoms with Crippen LogP contribution in [0.25, 0.3) is 0 Å². The molecule has 0 radical (unpaired) electrons. The van der Waals surface area contributed by atoms with Crippen LogP contribution >= 0.6 is 0 Å². The molecule has 0 bridgehead atoms. The van der Waals surface area contributed by atoms with Gasteiger partial charge in [0.15, 0.2) is 0 Å². The van der Waals surface area contributed by atoms with Gasteiger partial charge in [0.2, 0.25) is 0 Å². The summed E-state index contributed by atoms with van der Waals surface area (Å²) in [5.74, 6) is 0.943. The molecule has 2 aliphatic heterocycles. The van der Waals surface area contributed by atoms with Crippen molar-refractivity contribution in [1.82, 2.24) is 14.7 Å². The number of hydrogen-bond acceptors (Lipinski definition) is 3. The third-order valence-corrected chi connectivity index (χ3v) is 5.46. The Balaban J connectivity index is 1.45. The van der Waals surface area contributed by atoms with E-state index in [0.717, 1.165) is 18.0 Å². The molecule has 3 fully saturated rings. The first kappa shape index (κ1) is 13.8. The summed E-state index contributed by atoms with van der Waals surface area (Å²) in [7, 11) is 2.24. The van der Waals surface area contributed by atoms with E-state index in [1.807, 2.05) is 0 Å². The van der Waals surface area contributed by atoms with Crippen molar-refractivity contribution >= 4 is 0 Å². The molecule has 1 unspecified atom stereocenters. The van der Waals surface area contributed by atoms with Gasteiger partial charge in [0.1, 0.15) is 0 Å². The number of nitrogens with zero attached hydrogens (tertiary/aromatic N) is 3. The van der Waals surface area contributed by atoms with Crippen molar-refractivity contribution in [3.05, 3.63) is 0 Å². The second-order valence-electron chi connectivity index (χ2n) is 7.23. The summed E-state index contributed by atoms with van der Waals surface area (Å²) < 4.78 is 0. The van der Waals surface area contributed by atoms with Gasteiger partial charge in [-0.25, -0.2) is 0 Å². The van der Waals surface area contributed by atoms with Gasteiger partial charge in [-0.2, -0.15) is 0 Å². The quantitative estimate of drug-likeness (QED) is 0.771. The van der Waals surface area contributed by atoms with E-state index < -0.39 is 0 Å². The monoisotopic (exact) mass is 265 g/mol. The van der Waals surface area contributed by atoms with Crippen LogP contribution in [0.1, 0.15) is 39.0 Å². The van der Waals surface area contributed by atoms with Crippen LogP contribution in [-0.2, 0) is 0 Å². The van der Waals surface area contributed by atoms with Crippen molar-refractivity contribution in [2.24, 2.45) is 5.92 Å². The topological polar surface area (TPSA) is 9.72 Å². The second kappa shape index (κ2) is 6.11. The highest BCUT2D eigenvalue weighted by molar-refractivity contribution is 4.88. The highest BCUT2D eigenvalue weighted by Crippen LogP contribution is 2.26. The Labute approximate surface area is 118 Å².